The molecule has 2 rings (SSSR count). The summed E-state index contributed by atoms with van der Waals surface area (Å²) in [5, 5.41) is 7.85. The predicted octanol–water partition coefficient (Wildman–Crippen LogP) is 4.63. The quantitative estimate of drug-likeness (QED) is 0.682. The summed E-state index contributed by atoms with van der Waals surface area (Å²) < 4.78 is 5.56. The van der Waals surface area contributed by atoms with Gasteiger partial charge in [-0.15, -0.1) is 22.7 Å². The molecule has 0 radical (unpaired) electrons. The van der Waals surface area contributed by atoms with Crippen LogP contribution in [0.2, 0.25) is 0 Å². The molecule has 20 heavy (non-hydrogen) atoms. The first-order chi connectivity index (χ1) is 9.75. The van der Waals surface area contributed by atoms with Gasteiger partial charge in [0.05, 0.1) is 0 Å². The Labute approximate surface area is 129 Å². The maximum absolute atomic E-state index is 5.56. The number of ether oxygens (including phenoxy) is 1. The molecule has 0 saturated carbocycles. The summed E-state index contributed by atoms with van der Waals surface area (Å²) in [4.78, 5) is 2.76. The van der Waals surface area contributed by atoms with Gasteiger partial charge in [-0.3, -0.25) is 0 Å². The number of hydrogen-bond acceptors (Lipinski definition) is 4. The van der Waals surface area contributed by atoms with E-state index in [1.165, 1.54) is 15.3 Å². The minimum atomic E-state index is 0.629. The first-order valence-corrected chi connectivity index (χ1v) is 8.91. The van der Waals surface area contributed by atoms with Crippen LogP contribution in [0.4, 0.5) is 0 Å². The van der Waals surface area contributed by atoms with Crippen LogP contribution < -0.4 is 5.32 Å². The first kappa shape index (κ1) is 15.7. The summed E-state index contributed by atoms with van der Waals surface area (Å²) in [5.41, 5.74) is 1.35. The van der Waals surface area contributed by atoms with Gasteiger partial charge in [-0.2, -0.15) is 0 Å². The Morgan fingerprint density at radius 1 is 1.30 bits per heavy atom. The Morgan fingerprint density at radius 2 is 2.20 bits per heavy atom. The SMILES string of the molecule is CC(C)COCCCNCc1cc(-c2cccs2)cs1. The summed E-state index contributed by atoms with van der Waals surface area (Å²) in [6.45, 7) is 8.07. The minimum absolute atomic E-state index is 0.629. The molecule has 0 amide bonds. The smallest absolute Gasteiger partial charge is 0.0489 e. The molecule has 0 bridgehead atoms. The highest BCUT2D eigenvalue weighted by molar-refractivity contribution is 7.14. The van der Waals surface area contributed by atoms with Crippen LogP contribution in [0.25, 0.3) is 10.4 Å². The summed E-state index contributed by atoms with van der Waals surface area (Å²) in [5.74, 6) is 0.629. The van der Waals surface area contributed by atoms with Crippen molar-refractivity contribution in [3.05, 3.63) is 33.8 Å². The Hall–Kier alpha value is -0.680. The number of rotatable bonds is 9. The van der Waals surface area contributed by atoms with Crippen LogP contribution in [-0.2, 0) is 11.3 Å². The van der Waals surface area contributed by atoms with Gasteiger partial charge in [0.15, 0.2) is 0 Å². The van der Waals surface area contributed by atoms with Gasteiger partial charge in [0.25, 0.3) is 0 Å². The summed E-state index contributed by atoms with van der Waals surface area (Å²) in [6.07, 6.45) is 1.08. The second kappa shape index (κ2) is 8.57. The van der Waals surface area contributed by atoms with Gasteiger partial charge < -0.3 is 10.1 Å². The second-order valence-electron chi connectivity index (χ2n) is 5.28. The average Bonchev–Trinajstić information content (AvgIpc) is 3.08. The summed E-state index contributed by atoms with van der Waals surface area (Å²) >= 11 is 3.63. The van der Waals surface area contributed by atoms with Crippen LogP contribution in [0.3, 0.4) is 0 Å². The molecule has 1 N–H and O–H groups in total. The predicted molar refractivity (Wildman–Crippen MR) is 89.6 cm³/mol. The van der Waals surface area contributed by atoms with Crippen molar-refractivity contribution in [1.82, 2.24) is 5.32 Å². The number of thiophene rings is 2. The number of hydrogen-bond donors (Lipinski definition) is 1. The monoisotopic (exact) mass is 309 g/mol. The van der Waals surface area contributed by atoms with Crippen LogP contribution in [0.5, 0.6) is 0 Å². The maximum Gasteiger partial charge on any atom is 0.0489 e. The Kier molecular flexibility index (Phi) is 6.73. The first-order valence-electron chi connectivity index (χ1n) is 7.15. The molecule has 0 fully saturated rings. The fraction of sp³-hybridized carbons (Fsp3) is 0.500. The van der Waals surface area contributed by atoms with Gasteiger partial charge in [-0.25, -0.2) is 0 Å². The van der Waals surface area contributed by atoms with Crippen LogP contribution >= 0.6 is 22.7 Å². The van der Waals surface area contributed by atoms with Crippen molar-refractivity contribution in [3.8, 4) is 10.4 Å². The van der Waals surface area contributed by atoms with Gasteiger partial charge in [-0.05, 0) is 41.8 Å². The Morgan fingerprint density at radius 3 is 2.95 bits per heavy atom. The largest absolute Gasteiger partial charge is 0.381 e. The van der Waals surface area contributed by atoms with E-state index in [9.17, 15) is 0 Å². The van der Waals surface area contributed by atoms with Crippen molar-refractivity contribution in [1.29, 1.82) is 0 Å². The zero-order valence-corrected chi connectivity index (χ0v) is 13.9. The fourth-order valence-electron chi connectivity index (χ4n) is 1.88. The van der Waals surface area contributed by atoms with Crippen LogP contribution in [0.15, 0.2) is 29.0 Å². The molecule has 2 nitrogen and oxygen atoms in total. The highest BCUT2D eigenvalue weighted by Gasteiger charge is 2.03. The highest BCUT2D eigenvalue weighted by atomic mass is 32.1. The molecule has 0 unspecified atom stereocenters. The van der Waals surface area contributed by atoms with Crippen LogP contribution in [0, 0.1) is 5.92 Å². The van der Waals surface area contributed by atoms with Crippen molar-refractivity contribution in [2.45, 2.75) is 26.8 Å². The van der Waals surface area contributed by atoms with E-state index in [-0.39, 0.29) is 0 Å². The molecular formula is C16H23NOS2. The molecule has 0 aliphatic carbocycles. The molecule has 0 spiro atoms. The van der Waals surface area contributed by atoms with Crippen molar-refractivity contribution < 1.29 is 4.74 Å². The van der Waals surface area contributed by atoms with Gasteiger partial charge >= 0.3 is 0 Å². The van der Waals surface area contributed by atoms with Gasteiger partial charge in [0.1, 0.15) is 0 Å². The van der Waals surface area contributed by atoms with E-state index in [0.29, 0.717) is 5.92 Å². The average molecular weight is 310 g/mol. The Balaban J connectivity index is 1.60. The standard InChI is InChI=1S/C16H23NOS2/c1-13(2)11-18-7-4-6-17-10-15-9-14(12-20-15)16-5-3-8-19-16/h3,5,8-9,12-13,17H,4,6-7,10-11H2,1-2H3. The maximum atomic E-state index is 5.56. The molecule has 0 aliphatic heterocycles. The second-order valence-corrected chi connectivity index (χ2v) is 7.22. The van der Waals surface area contributed by atoms with E-state index in [0.717, 1.165) is 32.7 Å². The molecule has 0 saturated heterocycles. The third kappa shape index (κ3) is 5.37. The van der Waals surface area contributed by atoms with Gasteiger partial charge in [0, 0.05) is 35.1 Å². The molecule has 2 aromatic heterocycles. The van der Waals surface area contributed by atoms with E-state index in [1.54, 1.807) is 11.3 Å². The fourth-order valence-corrected chi connectivity index (χ4v) is 3.52. The third-order valence-corrected chi connectivity index (χ3v) is 4.71. The van der Waals surface area contributed by atoms with E-state index < -0.39 is 0 Å². The molecule has 0 aromatic carbocycles. The lowest BCUT2D eigenvalue weighted by Crippen LogP contribution is -2.16. The molecular weight excluding hydrogens is 286 g/mol. The molecule has 110 valence electrons. The van der Waals surface area contributed by atoms with Crippen LogP contribution in [-0.4, -0.2) is 19.8 Å². The normalized spacial score (nSPS) is 11.3. The van der Waals surface area contributed by atoms with E-state index in [4.69, 9.17) is 4.74 Å². The van der Waals surface area contributed by atoms with Crippen molar-refractivity contribution in [2.24, 2.45) is 5.92 Å². The molecule has 0 aliphatic rings. The lowest BCUT2D eigenvalue weighted by Gasteiger charge is -2.07. The summed E-state index contributed by atoms with van der Waals surface area (Å²) in [6, 6.07) is 6.57. The minimum Gasteiger partial charge on any atom is -0.381 e. The lowest BCUT2D eigenvalue weighted by atomic mass is 10.2. The highest BCUT2D eigenvalue weighted by Crippen LogP contribution is 2.29. The van der Waals surface area contributed by atoms with Gasteiger partial charge in [-0.1, -0.05) is 19.9 Å². The molecule has 4 heteroatoms. The topological polar surface area (TPSA) is 21.3 Å². The van der Waals surface area contributed by atoms with E-state index in [2.05, 4.69) is 48.1 Å². The van der Waals surface area contributed by atoms with Crippen molar-refractivity contribution in [2.75, 3.05) is 19.8 Å². The van der Waals surface area contributed by atoms with E-state index >= 15 is 0 Å². The van der Waals surface area contributed by atoms with Crippen LogP contribution in [0.1, 0.15) is 25.1 Å². The zero-order chi connectivity index (χ0) is 14.2. The van der Waals surface area contributed by atoms with Crippen molar-refractivity contribution >= 4 is 22.7 Å². The van der Waals surface area contributed by atoms with Gasteiger partial charge in [0.2, 0.25) is 0 Å². The van der Waals surface area contributed by atoms with Crippen molar-refractivity contribution in [3.63, 3.8) is 0 Å². The number of nitrogens with one attached hydrogen (secondary N) is 1. The lowest BCUT2D eigenvalue weighted by molar-refractivity contribution is 0.108. The third-order valence-electron chi connectivity index (χ3n) is 2.85. The Bertz CT molecular complexity index is 476. The van der Waals surface area contributed by atoms with E-state index in [1.807, 2.05) is 11.3 Å². The molecule has 2 heterocycles. The molecule has 0 atom stereocenters. The zero-order valence-electron chi connectivity index (χ0n) is 12.2. The summed E-state index contributed by atoms with van der Waals surface area (Å²) in [7, 11) is 0. The molecule has 2 aromatic rings.